The van der Waals surface area contributed by atoms with Gasteiger partial charge in [-0.2, -0.15) is 5.26 Å². The summed E-state index contributed by atoms with van der Waals surface area (Å²) in [7, 11) is 0. The van der Waals surface area contributed by atoms with E-state index in [9.17, 15) is 9.90 Å². The Morgan fingerprint density at radius 1 is 1.40 bits per heavy atom. The van der Waals surface area contributed by atoms with Gasteiger partial charge in [-0.05, 0) is 31.5 Å². The number of rotatable bonds is 4. The molecular formula is C18H21N5O2. The third kappa shape index (κ3) is 3.54. The predicted molar refractivity (Wildman–Crippen MR) is 90.4 cm³/mol. The fraction of sp³-hybridized carbons (Fsp3) is 0.444. The van der Waals surface area contributed by atoms with Crippen molar-refractivity contribution >= 4 is 5.91 Å². The molecule has 0 aliphatic carbocycles. The van der Waals surface area contributed by atoms with Gasteiger partial charge in [0, 0.05) is 19.0 Å². The molecule has 0 bridgehead atoms. The van der Waals surface area contributed by atoms with Crippen LogP contribution in [-0.4, -0.2) is 44.0 Å². The normalized spacial score (nSPS) is 20.0. The molecule has 0 radical (unpaired) electrons. The second kappa shape index (κ2) is 6.65. The van der Waals surface area contributed by atoms with Crippen LogP contribution in [0.3, 0.4) is 0 Å². The summed E-state index contributed by atoms with van der Waals surface area (Å²) >= 11 is 0. The van der Waals surface area contributed by atoms with Crippen molar-refractivity contribution in [3.05, 3.63) is 47.3 Å². The molecule has 25 heavy (non-hydrogen) atoms. The highest BCUT2D eigenvalue weighted by Crippen LogP contribution is 2.31. The monoisotopic (exact) mass is 339 g/mol. The Morgan fingerprint density at radius 2 is 2.12 bits per heavy atom. The number of carbonyl (C=O) groups is 1. The quantitative estimate of drug-likeness (QED) is 0.908. The Bertz CT molecular complexity index is 806. The van der Waals surface area contributed by atoms with E-state index in [1.54, 1.807) is 40.0 Å². The minimum Gasteiger partial charge on any atom is -0.381 e. The van der Waals surface area contributed by atoms with E-state index in [2.05, 4.69) is 16.4 Å². The molecule has 0 saturated carbocycles. The zero-order valence-corrected chi connectivity index (χ0v) is 14.4. The molecule has 1 aliphatic heterocycles. The van der Waals surface area contributed by atoms with Gasteiger partial charge in [-0.1, -0.05) is 17.3 Å². The van der Waals surface area contributed by atoms with Crippen LogP contribution < -0.4 is 0 Å². The van der Waals surface area contributed by atoms with Gasteiger partial charge in [0.25, 0.3) is 0 Å². The van der Waals surface area contributed by atoms with Crippen LogP contribution in [0.5, 0.6) is 0 Å². The number of likely N-dealkylation sites (tertiary alicyclic amines) is 1. The smallest absolute Gasteiger partial charge is 0.227 e. The fourth-order valence-electron chi connectivity index (χ4n) is 2.94. The lowest BCUT2D eigenvalue weighted by atomic mass is 10.00. The zero-order valence-electron chi connectivity index (χ0n) is 14.4. The van der Waals surface area contributed by atoms with Crippen LogP contribution in [0.25, 0.3) is 0 Å². The molecule has 1 aromatic carbocycles. The topological polar surface area (TPSA) is 95.0 Å². The number of aliphatic hydroxyl groups is 1. The molecule has 1 amide bonds. The average molecular weight is 339 g/mol. The van der Waals surface area contributed by atoms with Crippen LogP contribution in [0.2, 0.25) is 0 Å². The molecule has 1 aliphatic rings. The molecule has 1 saturated heterocycles. The maximum atomic E-state index is 12.5. The van der Waals surface area contributed by atoms with Crippen LogP contribution in [0.1, 0.15) is 43.1 Å². The van der Waals surface area contributed by atoms with Crippen LogP contribution in [0.4, 0.5) is 0 Å². The molecule has 7 nitrogen and oxygen atoms in total. The lowest BCUT2D eigenvalue weighted by Crippen LogP contribution is -2.35. The van der Waals surface area contributed by atoms with E-state index >= 15 is 0 Å². The van der Waals surface area contributed by atoms with Crippen molar-refractivity contribution in [3.8, 4) is 6.07 Å². The Kier molecular flexibility index (Phi) is 4.55. The van der Waals surface area contributed by atoms with E-state index in [4.69, 9.17) is 5.26 Å². The first-order valence-corrected chi connectivity index (χ1v) is 8.33. The van der Waals surface area contributed by atoms with E-state index in [1.165, 1.54) is 0 Å². The van der Waals surface area contributed by atoms with E-state index in [-0.39, 0.29) is 24.9 Å². The van der Waals surface area contributed by atoms with E-state index in [0.29, 0.717) is 24.2 Å². The standard InChI is InChI=1S/C18H21N5O2/c1-13(2)23-11-16(20-21-23)18(25)7-8-22(12-18)17(24)9-14-3-5-15(10-19)6-4-14/h3-6,11,13,25H,7-9,12H2,1-2H3/t18-/m0/s1. The first kappa shape index (κ1) is 17.1. The molecule has 130 valence electrons. The number of nitriles is 1. The predicted octanol–water partition coefficient (Wildman–Crippen LogP) is 1.39. The molecule has 7 heteroatoms. The largest absolute Gasteiger partial charge is 0.381 e. The van der Waals surface area contributed by atoms with Crippen molar-refractivity contribution < 1.29 is 9.90 Å². The first-order chi connectivity index (χ1) is 11.9. The van der Waals surface area contributed by atoms with Crippen molar-refractivity contribution in [2.75, 3.05) is 13.1 Å². The number of hydrogen-bond donors (Lipinski definition) is 1. The van der Waals surface area contributed by atoms with E-state index in [0.717, 1.165) is 5.56 Å². The Balaban J connectivity index is 1.66. The number of aromatic nitrogens is 3. The van der Waals surface area contributed by atoms with Gasteiger partial charge in [-0.3, -0.25) is 4.79 Å². The lowest BCUT2D eigenvalue weighted by molar-refractivity contribution is -0.130. The van der Waals surface area contributed by atoms with Gasteiger partial charge in [0.2, 0.25) is 5.91 Å². The van der Waals surface area contributed by atoms with Gasteiger partial charge < -0.3 is 10.0 Å². The third-order valence-corrected chi connectivity index (χ3v) is 4.55. The molecule has 3 rings (SSSR count). The third-order valence-electron chi connectivity index (χ3n) is 4.55. The van der Waals surface area contributed by atoms with Gasteiger partial charge in [0.15, 0.2) is 0 Å². The van der Waals surface area contributed by atoms with Crippen LogP contribution in [-0.2, 0) is 16.8 Å². The summed E-state index contributed by atoms with van der Waals surface area (Å²) in [4.78, 5) is 14.2. The molecule has 0 unspecified atom stereocenters. The summed E-state index contributed by atoms with van der Waals surface area (Å²) in [6.45, 7) is 4.69. The molecule has 1 atom stereocenters. The summed E-state index contributed by atoms with van der Waals surface area (Å²) in [5.41, 5.74) is 0.785. The minimum absolute atomic E-state index is 0.0446. The van der Waals surface area contributed by atoms with Gasteiger partial charge in [-0.15, -0.1) is 5.10 Å². The van der Waals surface area contributed by atoms with Crippen molar-refractivity contribution in [1.82, 2.24) is 19.9 Å². The first-order valence-electron chi connectivity index (χ1n) is 8.33. The molecule has 1 N–H and O–H groups in total. The van der Waals surface area contributed by atoms with Crippen molar-refractivity contribution in [2.45, 2.75) is 38.3 Å². The molecule has 0 spiro atoms. The maximum absolute atomic E-state index is 12.5. The summed E-state index contributed by atoms with van der Waals surface area (Å²) in [6, 6.07) is 9.20. The number of amides is 1. The highest BCUT2D eigenvalue weighted by molar-refractivity contribution is 5.79. The van der Waals surface area contributed by atoms with Gasteiger partial charge >= 0.3 is 0 Å². The molecule has 2 heterocycles. The highest BCUT2D eigenvalue weighted by atomic mass is 16.3. The lowest BCUT2D eigenvalue weighted by Gasteiger charge is -2.21. The number of nitrogens with zero attached hydrogens (tertiary/aromatic N) is 5. The van der Waals surface area contributed by atoms with Crippen LogP contribution in [0.15, 0.2) is 30.5 Å². The molecule has 1 fully saturated rings. The van der Waals surface area contributed by atoms with Crippen LogP contribution >= 0.6 is 0 Å². The SMILES string of the molecule is CC(C)n1cc([C@]2(O)CCN(C(=O)Cc3ccc(C#N)cc3)C2)nn1. The molecular weight excluding hydrogens is 318 g/mol. The Hall–Kier alpha value is -2.72. The maximum Gasteiger partial charge on any atom is 0.227 e. The van der Waals surface area contributed by atoms with E-state index in [1.807, 2.05) is 13.8 Å². The fourth-order valence-corrected chi connectivity index (χ4v) is 2.94. The molecule has 2 aromatic rings. The summed E-state index contributed by atoms with van der Waals surface area (Å²) in [5, 5.41) is 27.8. The highest BCUT2D eigenvalue weighted by Gasteiger charge is 2.41. The Morgan fingerprint density at radius 3 is 2.72 bits per heavy atom. The summed E-state index contributed by atoms with van der Waals surface area (Å²) < 4.78 is 1.70. The van der Waals surface area contributed by atoms with E-state index < -0.39 is 5.60 Å². The van der Waals surface area contributed by atoms with Gasteiger partial charge in [-0.25, -0.2) is 4.68 Å². The molecule has 1 aromatic heterocycles. The second-order valence-electron chi connectivity index (χ2n) is 6.76. The van der Waals surface area contributed by atoms with Crippen molar-refractivity contribution in [3.63, 3.8) is 0 Å². The van der Waals surface area contributed by atoms with Gasteiger partial charge in [0.1, 0.15) is 11.3 Å². The minimum atomic E-state index is -1.15. The Labute approximate surface area is 146 Å². The van der Waals surface area contributed by atoms with Crippen LogP contribution in [0, 0.1) is 11.3 Å². The van der Waals surface area contributed by atoms with Gasteiger partial charge in [0.05, 0.1) is 30.8 Å². The summed E-state index contributed by atoms with van der Waals surface area (Å²) in [5.74, 6) is -0.0446. The zero-order chi connectivity index (χ0) is 18.0. The van der Waals surface area contributed by atoms with Crippen molar-refractivity contribution in [2.24, 2.45) is 0 Å². The second-order valence-corrected chi connectivity index (χ2v) is 6.76. The number of benzene rings is 1. The number of β-amino-alcohol motifs (C(OH)–C–C–N with tert-alkyl or cyclic N) is 1. The summed E-state index contributed by atoms with van der Waals surface area (Å²) in [6.07, 6.45) is 2.45. The number of carbonyl (C=O) groups excluding carboxylic acids is 1. The van der Waals surface area contributed by atoms with Crippen molar-refractivity contribution in [1.29, 1.82) is 5.26 Å². The number of hydrogen-bond acceptors (Lipinski definition) is 5. The average Bonchev–Trinajstić information content (AvgIpc) is 3.23.